The summed E-state index contributed by atoms with van der Waals surface area (Å²) in [5.41, 5.74) is 11.2. The second-order valence-electron chi connectivity index (χ2n) is 4.19. The van der Waals surface area contributed by atoms with E-state index in [9.17, 15) is 0 Å². The lowest BCUT2D eigenvalue weighted by atomic mass is 9.87. The van der Waals surface area contributed by atoms with Crippen LogP contribution in [-0.4, -0.2) is 25.3 Å². The molecule has 1 rings (SSSR count). The predicted molar refractivity (Wildman–Crippen MR) is 54.4 cm³/mol. The van der Waals surface area contributed by atoms with Gasteiger partial charge in [0.25, 0.3) is 0 Å². The lowest BCUT2D eigenvalue weighted by Gasteiger charge is -2.28. The molecule has 0 aromatic rings. The Morgan fingerprint density at radius 3 is 2.38 bits per heavy atom. The van der Waals surface area contributed by atoms with Crippen LogP contribution >= 0.6 is 0 Å². The third kappa shape index (κ3) is 4.07. The molecule has 0 amide bonds. The summed E-state index contributed by atoms with van der Waals surface area (Å²) >= 11 is 0. The van der Waals surface area contributed by atoms with Gasteiger partial charge in [-0.05, 0) is 45.1 Å². The zero-order chi connectivity index (χ0) is 9.68. The molecule has 1 unspecified atom stereocenters. The van der Waals surface area contributed by atoms with Crippen molar-refractivity contribution in [1.29, 1.82) is 0 Å². The van der Waals surface area contributed by atoms with Crippen molar-refractivity contribution in [2.75, 3.05) is 13.2 Å². The first-order valence-corrected chi connectivity index (χ1v) is 5.29. The second-order valence-corrected chi connectivity index (χ2v) is 4.19. The fraction of sp³-hybridized carbons (Fsp3) is 1.00. The van der Waals surface area contributed by atoms with Crippen LogP contribution in [0.4, 0.5) is 0 Å². The highest BCUT2D eigenvalue weighted by molar-refractivity contribution is 4.73. The van der Waals surface area contributed by atoms with Gasteiger partial charge in [0.05, 0.1) is 12.7 Å². The number of hydrogen-bond donors (Lipinski definition) is 2. The minimum absolute atomic E-state index is 0.159. The van der Waals surface area contributed by atoms with Gasteiger partial charge in [-0.15, -0.1) is 0 Å². The van der Waals surface area contributed by atoms with E-state index >= 15 is 0 Å². The molecule has 4 N–H and O–H groups in total. The summed E-state index contributed by atoms with van der Waals surface area (Å²) in [6.45, 7) is 3.50. The number of hydrogen-bond acceptors (Lipinski definition) is 3. The average Bonchev–Trinajstić information content (AvgIpc) is 2.15. The van der Waals surface area contributed by atoms with Crippen molar-refractivity contribution in [2.45, 2.75) is 44.8 Å². The molecule has 0 heterocycles. The zero-order valence-corrected chi connectivity index (χ0v) is 8.54. The van der Waals surface area contributed by atoms with Crippen LogP contribution in [0.2, 0.25) is 0 Å². The van der Waals surface area contributed by atoms with E-state index in [2.05, 4.69) is 0 Å². The summed E-state index contributed by atoms with van der Waals surface area (Å²) in [6, 6.07) is 0.159. The highest BCUT2D eigenvalue weighted by atomic mass is 16.5. The van der Waals surface area contributed by atoms with E-state index in [4.69, 9.17) is 16.2 Å². The van der Waals surface area contributed by atoms with Gasteiger partial charge in [0, 0.05) is 6.04 Å². The van der Waals surface area contributed by atoms with Gasteiger partial charge in [-0.2, -0.15) is 0 Å². The molecule has 1 fully saturated rings. The van der Waals surface area contributed by atoms with Crippen molar-refractivity contribution in [3.8, 4) is 0 Å². The Balaban J connectivity index is 2.10. The second kappa shape index (κ2) is 5.58. The summed E-state index contributed by atoms with van der Waals surface area (Å²) in [5, 5.41) is 0. The monoisotopic (exact) mass is 186 g/mol. The molecule has 0 saturated heterocycles. The number of rotatable bonds is 4. The highest BCUT2D eigenvalue weighted by Crippen LogP contribution is 2.25. The molecule has 3 nitrogen and oxygen atoms in total. The van der Waals surface area contributed by atoms with Gasteiger partial charge in [-0.1, -0.05) is 0 Å². The third-order valence-electron chi connectivity index (χ3n) is 2.72. The van der Waals surface area contributed by atoms with Crippen molar-refractivity contribution in [2.24, 2.45) is 17.4 Å². The molecule has 1 saturated carbocycles. The van der Waals surface area contributed by atoms with Crippen molar-refractivity contribution in [1.82, 2.24) is 0 Å². The molecule has 0 radical (unpaired) electrons. The zero-order valence-electron chi connectivity index (χ0n) is 8.54. The van der Waals surface area contributed by atoms with Crippen LogP contribution in [0, 0.1) is 5.92 Å². The third-order valence-corrected chi connectivity index (χ3v) is 2.72. The highest BCUT2D eigenvalue weighted by Gasteiger charge is 2.20. The minimum Gasteiger partial charge on any atom is -0.377 e. The molecule has 1 atom stereocenters. The molecule has 1 aliphatic rings. The maximum Gasteiger partial charge on any atom is 0.0618 e. The number of nitrogens with two attached hydrogens (primary N) is 2. The summed E-state index contributed by atoms with van der Waals surface area (Å²) in [4.78, 5) is 0. The summed E-state index contributed by atoms with van der Waals surface area (Å²) in [6.07, 6.45) is 5.21. The fourth-order valence-electron chi connectivity index (χ4n) is 1.82. The summed E-state index contributed by atoms with van der Waals surface area (Å²) in [7, 11) is 0. The Bertz CT molecular complexity index is 131. The normalized spacial score (nSPS) is 31.6. The molecule has 1 aliphatic carbocycles. The van der Waals surface area contributed by atoms with Gasteiger partial charge in [-0.3, -0.25) is 0 Å². The molecule has 0 aromatic heterocycles. The van der Waals surface area contributed by atoms with Crippen molar-refractivity contribution in [3.63, 3.8) is 0 Å². The molecule has 0 spiro atoms. The summed E-state index contributed by atoms with van der Waals surface area (Å²) < 4.78 is 5.67. The van der Waals surface area contributed by atoms with E-state index in [1.807, 2.05) is 6.92 Å². The van der Waals surface area contributed by atoms with Gasteiger partial charge in [0.1, 0.15) is 0 Å². The van der Waals surface area contributed by atoms with Crippen LogP contribution in [0.5, 0.6) is 0 Å². The number of ether oxygens (including phenoxy) is 1. The predicted octanol–water partition coefficient (Wildman–Crippen LogP) is 0.868. The quantitative estimate of drug-likeness (QED) is 0.685. The van der Waals surface area contributed by atoms with Crippen LogP contribution in [0.3, 0.4) is 0 Å². The lowest BCUT2D eigenvalue weighted by Crippen LogP contribution is -2.30. The first-order chi connectivity index (χ1) is 6.22. The van der Waals surface area contributed by atoms with E-state index in [-0.39, 0.29) is 6.04 Å². The average molecular weight is 186 g/mol. The first-order valence-electron chi connectivity index (χ1n) is 5.29. The Hall–Kier alpha value is -0.120. The topological polar surface area (TPSA) is 61.3 Å². The summed E-state index contributed by atoms with van der Waals surface area (Å²) in [5.74, 6) is 0.732. The SMILES string of the molecule is CC(N)COC1CCC(CN)CC1. The molecule has 0 aliphatic heterocycles. The van der Waals surface area contributed by atoms with Crippen LogP contribution in [-0.2, 0) is 4.74 Å². The lowest BCUT2D eigenvalue weighted by molar-refractivity contribution is 0.0139. The van der Waals surface area contributed by atoms with Gasteiger partial charge in [0.2, 0.25) is 0 Å². The first kappa shape index (κ1) is 11.0. The fourth-order valence-corrected chi connectivity index (χ4v) is 1.82. The smallest absolute Gasteiger partial charge is 0.0618 e. The van der Waals surface area contributed by atoms with Gasteiger partial charge < -0.3 is 16.2 Å². The van der Waals surface area contributed by atoms with Crippen molar-refractivity contribution >= 4 is 0 Å². The maximum atomic E-state index is 5.67. The van der Waals surface area contributed by atoms with Gasteiger partial charge in [0.15, 0.2) is 0 Å². The van der Waals surface area contributed by atoms with E-state index in [1.165, 1.54) is 12.8 Å². The Morgan fingerprint density at radius 2 is 1.92 bits per heavy atom. The van der Waals surface area contributed by atoms with Crippen LogP contribution in [0.15, 0.2) is 0 Å². The van der Waals surface area contributed by atoms with E-state index in [0.717, 1.165) is 25.3 Å². The van der Waals surface area contributed by atoms with Gasteiger partial charge >= 0.3 is 0 Å². The molecule has 0 bridgehead atoms. The van der Waals surface area contributed by atoms with Crippen molar-refractivity contribution < 1.29 is 4.74 Å². The molecular weight excluding hydrogens is 164 g/mol. The molecule has 0 aromatic carbocycles. The minimum atomic E-state index is 0.159. The van der Waals surface area contributed by atoms with Crippen molar-refractivity contribution in [3.05, 3.63) is 0 Å². The Morgan fingerprint density at radius 1 is 1.31 bits per heavy atom. The van der Waals surface area contributed by atoms with Gasteiger partial charge in [-0.25, -0.2) is 0 Å². The maximum absolute atomic E-state index is 5.67. The van der Waals surface area contributed by atoms with Crippen LogP contribution < -0.4 is 11.5 Å². The van der Waals surface area contributed by atoms with E-state index in [0.29, 0.717) is 12.7 Å². The molecule has 3 heteroatoms. The van der Waals surface area contributed by atoms with Crippen LogP contribution in [0.25, 0.3) is 0 Å². The molecular formula is C10H22N2O. The van der Waals surface area contributed by atoms with Crippen LogP contribution in [0.1, 0.15) is 32.6 Å². The largest absolute Gasteiger partial charge is 0.377 e. The molecule has 78 valence electrons. The standard InChI is InChI=1S/C10H22N2O/c1-8(12)7-13-10-4-2-9(6-11)3-5-10/h8-10H,2-7,11-12H2,1H3. The van der Waals surface area contributed by atoms with E-state index in [1.54, 1.807) is 0 Å². The Labute approximate surface area is 80.8 Å². The molecule has 13 heavy (non-hydrogen) atoms. The Kier molecular flexibility index (Phi) is 4.70. The van der Waals surface area contributed by atoms with E-state index < -0.39 is 0 Å².